The predicted octanol–water partition coefficient (Wildman–Crippen LogP) is 0.866. The quantitative estimate of drug-likeness (QED) is 0.673. The maximum Gasteiger partial charge on any atom is 0.307 e. The summed E-state index contributed by atoms with van der Waals surface area (Å²) < 4.78 is 4.57. The first-order chi connectivity index (χ1) is 7.27. The van der Waals surface area contributed by atoms with Crippen molar-refractivity contribution in [3.63, 3.8) is 0 Å². The Kier molecular flexibility index (Phi) is 4.53. The minimum Gasteiger partial charge on any atom is -0.469 e. The number of anilines is 1. The normalized spacial score (nSPS) is 9.73. The molecule has 0 saturated heterocycles. The Hall–Kier alpha value is -1.65. The largest absolute Gasteiger partial charge is 0.469 e. The van der Waals surface area contributed by atoms with Crippen LogP contribution in [0.2, 0.25) is 0 Å². The van der Waals surface area contributed by atoms with Crippen molar-refractivity contribution >= 4 is 11.9 Å². The number of hydrogen-bond donors (Lipinski definition) is 0. The number of methoxy groups -OCH3 is 1. The van der Waals surface area contributed by atoms with Gasteiger partial charge in [-0.1, -0.05) is 0 Å². The molecule has 0 aliphatic carbocycles. The van der Waals surface area contributed by atoms with Crippen molar-refractivity contribution in [3.05, 3.63) is 18.5 Å². The van der Waals surface area contributed by atoms with Crippen LogP contribution < -0.4 is 4.90 Å². The third-order valence-electron chi connectivity index (χ3n) is 2.03. The first kappa shape index (κ1) is 11.4. The molecule has 0 saturated carbocycles. The van der Waals surface area contributed by atoms with Crippen LogP contribution >= 0.6 is 0 Å². The molecule has 15 heavy (non-hydrogen) atoms. The highest BCUT2D eigenvalue weighted by Gasteiger charge is 2.08. The number of aromatic nitrogens is 2. The summed E-state index contributed by atoms with van der Waals surface area (Å²) in [5.41, 5.74) is 0. The van der Waals surface area contributed by atoms with E-state index in [1.165, 1.54) is 7.11 Å². The number of esters is 1. The highest BCUT2D eigenvalue weighted by Crippen LogP contribution is 2.05. The fourth-order valence-corrected chi connectivity index (χ4v) is 1.18. The molecule has 0 amide bonds. The molecule has 82 valence electrons. The van der Waals surface area contributed by atoms with Gasteiger partial charge in [0.1, 0.15) is 0 Å². The molecular weight excluding hydrogens is 194 g/mol. The zero-order valence-corrected chi connectivity index (χ0v) is 9.01. The van der Waals surface area contributed by atoms with E-state index in [4.69, 9.17) is 0 Å². The fraction of sp³-hybridized carbons (Fsp3) is 0.500. The molecular formula is C10H15N3O2. The number of rotatable bonds is 5. The van der Waals surface area contributed by atoms with Crippen molar-refractivity contribution in [1.29, 1.82) is 0 Å². The summed E-state index contributed by atoms with van der Waals surface area (Å²) in [7, 11) is 1.39. The summed E-state index contributed by atoms with van der Waals surface area (Å²) in [6.45, 7) is 3.34. The number of carbonyl (C=O) groups is 1. The van der Waals surface area contributed by atoms with Crippen molar-refractivity contribution in [3.8, 4) is 0 Å². The molecule has 1 heterocycles. The highest BCUT2D eigenvalue weighted by molar-refractivity contribution is 5.69. The van der Waals surface area contributed by atoms with Crippen LogP contribution in [0.15, 0.2) is 18.5 Å². The van der Waals surface area contributed by atoms with Gasteiger partial charge in [0.25, 0.3) is 0 Å². The first-order valence-electron chi connectivity index (χ1n) is 4.86. The van der Waals surface area contributed by atoms with Gasteiger partial charge in [-0.3, -0.25) is 4.79 Å². The summed E-state index contributed by atoms with van der Waals surface area (Å²) in [4.78, 5) is 21.1. The van der Waals surface area contributed by atoms with Gasteiger partial charge in [-0.25, -0.2) is 9.97 Å². The van der Waals surface area contributed by atoms with Crippen LogP contribution in [0.3, 0.4) is 0 Å². The second-order valence-corrected chi connectivity index (χ2v) is 2.95. The van der Waals surface area contributed by atoms with E-state index in [-0.39, 0.29) is 5.97 Å². The molecule has 0 unspecified atom stereocenters. The molecule has 0 aliphatic heterocycles. The van der Waals surface area contributed by atoms with E-state index in [0.29, 0.717) is 18.9 Å². The topological polar surface area (TPSA) is 55.3 Å². The number of nitrogens with zero attached hydrogens (tertiary/aromatic N) is 3. The van der Waals surface area contributed by atoms with Gasteiger partial charge in [-0.05, 0) is 13.0 Å². The average Bonchev–Trinajstić information content (AvgIpc) is 2.31. The van der Waals surface area contributed by atoms with E-state index in [9.17, 15) is 4.79 Å². The Labute approximate surface area is 89.1 Å². The molecule has 0 spiro atoms. The van der Waals surface area contributed by atoms with E-state index in [1.54, 1.807) is 18.5 Å². The number of ether oxygens (including phenoxy) is 1. The molecule has 0 atom stereocenters. The monoisotopic (exact) mass is 209 g/mol. The molecule has 0 N–H and O–H groups in total. The van der Waals surface area contributed by atoms with Crippen LogP contribution in [0.4, 0.5) is 5.95 Å². The van der Waals surface area contributed by atoms with Crippen LogP contribution in [0.5, 0.6) is 0 Å². The van der Waals surface area contributed by atoms with Crippen LogP contribution in [0.1, 0.15) is 13.3 Å². The average molecular weight is 209 g/mol. The second-order valence-electron chi connectivity index (χ2n) is 2.95. The Balaban J connectivity index is 2.53. The third kappa shape index (κ3) is 3.53. The van der Waals surface area contributed by atoms with Crippen molar-refractivity contribution < 1.29 is 9.53 Å². The van der Waals surface area contributed by atoms with E-state index < -0.39 is 0 Å². The third-order valence-corrected chi connectivity index (χ3v) is 2.03. The zero-order valence-electron chi connectivity index (χ0n) is 9.01. The molecule has 0 radical (unpaired) electrons. The van der Waals surface area contributed by atoms with Gasteiger partial charge in [-0.15, -0.1) is 0 Å². The van der Waals surface area contributed by atoms with Crippen LogP contribution in [0, 0.1) is 0 Å². The molecule has 1 aromatic rings. The minimum atomic E-state index is -0.218. The van der Waals surface area contributed by atoms with Gasteiger partial charge < -0.3 is 9.64 Å². The summed E-state index contributed by atoms with van der Waals surface area (Å²) >= 11 is 0. The maximum absolute atomic E-state index is 11.0. The Morgan fingerprint density at radius 3 is 2.67 bits per heavy atom. The molecule has 0 bridgehead atoms. The second kappa shape index (κ2) is 5.95. The Morgan fingerprint density at radius 1 is 1.47 bits per heavy atom. The Morgan fingerprint density at radius 2 is 2.13 bits per heavy atom. The van der Waals surface area contributed by atoms with Gasteiger partial charge in [0.2, 0.25) is 5.95 Å². The standard InChI is InChI=1S/C10H15N3O2/c1-3-13(8-5-9(14)15-2)10-11-6-4-7-12-10/h4,6-7H,3,5,8H2,1-2H3. The molecule has 0 aliphatic rings. The van der Waals surface area contributed by atoms with E-state index in [2.05, 4.69) is 14.7 Å². The smallest absolute Gasteiger partial charge is 0.307 e. The van der Waals surface area contributed by atoms with Crippen molar-refractivity contribution in [2.75, 3.05) is 25.1 Å². The molecule has 0 aromatic carbocycles. The van der Waals surface area contributed by atoms with Crippen molar-refractivity contribution in [1.82, 2.24) is 9.97 Å². The van der Waals surface area contributed by atoms with E-state index in [1.807, 2.05) is 11.8 Å². The Bertz CT molecular complexity index is 303. The van der Waals surface area contributed by atoms with Crippen LogP contribution in [0.25, 0.3) is 0 Å². The van der Waals surface area contributed by atoms with Crippen LogP contribution in [-0.4, -0.2) is 36.1 Å². The molecule has 1 aromatic heterocycles. The maximum atomic E-state index is 11.0. The van der Waals surface area contributed by atoms with Gasteiger partial charge in [-0.2, -0.15) is 0 Å². The van der Waals surface area contributed by atoms with Crippen LogP contribution in [-0.2, 0) is 9.53 Å². The SMILES string of the molecule is CCN(CCC(=O)OC)c1ncccn1. The van der Waals surface area contributed by atoms with E-state index in [0.717, 1.165) is 6.54 Å². The summed E-state index contributed by atoms with van der Waals surface area (Å²) in [6, 6.07) is 1.76. The lowest BCUT2D eigenvalue weighted by Crippen LogP contribution is -2.27. The highest BCUT2D eigenvalue weighted by atomic mass is 16.5. The minimum absolute atomic E-state index is 0.218. The molecule has 0 fully saturated rings. The van der Waals surface area contributed by atoms with Crippen molar-refractivity contribution in [2.24, 2.45) is 0 Å². The molecule has 5 heteroatoms. The number of carbonyl (C=O) groups excluding carboxylic acids is 1. The first-order valence-corrected chi connectivity index (χ1v) is 4.86. The van der Waals surface area contributed by atoms with Gasteiger partial charge in [0.15, 0.2) is 0 Å². The molecule has 1 rings (SSSR count). The lowest BCUT2D eigenvalue weighted by atomic mass is 10.4. The van der Waals surface area contributed by atoms with Gasteiger partial charge in [0, 0.05) is 25.5 Å². The lowest BCUT2D eigenvalue weighted by molar-refractivity contribution is -0.140. The zero-order chi connectivity index (χ0) is 11.1. The number of hydrogen-bond acceptors (Lipinski definition) is 5. The van der Waals surface area contributed by atoms with Gasteiger partial charge >= 0.3 is 5.97 Å². The van der Waals surface area contributed by atoms with E-state index >= 15 is 0 Å². The summed E-state index contributed by atoms with van der Waals surface area (Å²) in [5, 5.41) is 0. The predicted molar refractivity (Wildman–Crippen MR) is 56.6 cm³/mol. The van der Waals surface area contributed by atoms with Gasteiger partial charge in [0.05, 0.1) is 13.5 Å². The molecule has 5 nitrogen and oxygen atoms in total. The fourth-order valence-electron chi connectivity index (χ4n) is 1.18. The van der Waals surface area contributed by atoms with Crippen molar-refractivity contribution in [2.45, 2.75) is 13.3 Å². The summed E-state index contributed by atoms with van der Waals surface area (Å²) in [6.07, 6.45) is 3.72. The lowest BCUT2D eigenvalue weighted by Gasteiger charge is -2.19. The summed E-state index contributed by atoms with van der Waals surface area (Å²) in [5.74, 6) is 0.424.